The number of hydrogen-bond acceptors (Lipinski definition) is 3. The predicted octanol–water partition coefficient (Wildman–Crippen LogP) is 0.0305. The van der Waals surface area contributed by atoms with E-state index in [4.69, 9.17) is 0 Å². The van der Waals surface area contributed by atoms with Gasteiger partial charge in [0, 0.05) is 20.2 Å². The molecule has 0 fully saturated rings. The predicted molar refractivity (Wildman–Crippen MR) is 97.0 cm³/mol. The number of carbonyl (C=O) groups is 2. The molecule has 25 heavy (non-hydrogen) atoms. The highest BCUT2D eigenvalue weighted by Crippen LogP contribution is 2.17. The Kier molecular flexibility index (Phi) is 5.93. The van der Waals surface area contributed by atoms with Crippen molar-refractivity contribution in [3.05, 3.63) is 41.6 Å². The molecular formula is C18H26N5O2+. The molecule has 1 aromatic heterocycles. The normalized spacial score (nSPS) is 11.9. The number of anilines is 1. The van der Waals surface area contributed by atoms with Crippen LogP contribution in [0.1, 0.15) is 11.3 Å². The number of benzene rings is 1. The minimum Gasteiger partial charge on any atom is -0.344 e. The summed E-state index contributed by atoms with van der Waals surface area (Å²) in [7, 11) is 5.24. The van der Waals surface area contributed by atoms with Crippen molar-refractivity contribution in [2.75, 3.05) is 39.5 Å². The Balaban J connectivity index is 2.06. The zero-order valence-electron chi connectivity index (χ0n) is 15.5. The van der Waals surface area contributed by atoms with Crippen LogP contribution < -0.4 is 10.2 Å². The van der Waals surface area contributed by atoms with Gasteiger partial charge in [-0.05, 0) is 26.0 Å². The van der Waals surface area contributed by atoms with Crippen LogP contribution in [-0.4, -0.2) is 60.7 Å². The highest BCUT2D eigenvalue weighted by molar-refractivity contribution is 5.91. The number of carbonyl (C=O) groups excluding carboxylic acids is 2. The van der Waals surface area contributed by atoms with Gasteiger partial charge in [0.25, 0.3) is 11.8 Å². The molecule has 2 aromatic rings. The molecule has 1 unspecified atom stereocenters. The summed E-state index contributed by atoms with van der Waals surface area (Å²) in [5.74, 6) is 0.459. The van der Waals surface area contributed by atoms with Gasteiger partial charge >= 0.3 is 0 Å². The van der Waals surface area contributed by atoms with Gasteiger partial charge in [-0.2, -0.15) is 5.10 Å². The third kappa shape index (κ3) is 5.15. The van der Waals surface area contributed by atoms with E-state index in [0.717, 1.165) is 21.8 Å². The maximum Gasteiger partial charge on any atom is 0.280 e. The third-order valence-corrected chi connectivity index (χ3v) is 3.79. The number of quaternary nitrogens is 1. The zero-order chi connectivity index (χ0) is 18.6. The van der Waals surface area contributed by atoms with Gasteiger partial charge in [-0.1, -0.05) is 17.7 Å². The summed E-state index contributed by atoms with van der Waals surface area (Å²) in [6.45, 7) is 4.39. The average molecular weight is 344 g/mol. The summed E-state index contributed by atoms with van der Waals surface area (Å²) >= 11 is 0. The second-order valence-electron chi connectivity index (χ2n) is 6.57. The van der Waals surface area contributed by atoms with Gasteiger partial charge in [-0.25, -0.2) is 4.68 Å². The van der Waals surface area contributed by atoms with E-state index < -0.39 is 0 Å². The molecule has 0 bridgehead atoms. The largest absolute Gasteiger partial charge is 0.344 e. The first-order valence-electron chi connectivity index (χ1n) is 8.21. The molecule has 2 rings (SSSR count). The summed E-state index contributed by atoms with van der Waals surface area (Å²) in [5.41, 5.74) is 2.87. The van der Waals surface area contributed by atoms with Crippen LogP contribution in [0.25, 0.3) is 5.69 Å². The van der Waals surface area contributed by atoms with Gasteiger partial charge in [0.2, 0.25) is 0 Å². The van der Waals surface area contributed by atoms with Crippen LogP contribution in [0.3, 0.4) is 0 Å². The molecule has 0 spiro atoms. The third-order valence-electron chi connectivity index (χ3n) is 3.79. The molecule has 134 valence electrons. The molecule has 0 saturated carbocycles. The number of aromatic nitrogens is 2. The van der Waals surface area contributed by atoms with Gasteiger partial charge in [0.15, 0.2) is 13.1 Å². The lowest BCUT2D eigenvalue weighted by molar-refractivity contribution is -0.862. The number of nitrogens with zero attached hydrogens (tertiary/aromatic N) is 3. The van der Waals surface area contributed by atoms with Crippen molar-refractivity contribution < 1.29 is 14.5 Å². The average Bonchev–Trinajstić information content (AvgIpc) is 2.87. The fourth-order valence-electron chi connectivity index (χ4n) is 2.41. The molecule has 1 heterocycles. The smallest absolute Gasteiger partial charge is 0.280 e. The van der Waals surface area contributed by atoms with Gasteiger partial charge in [-0.3, -0.25) is 9.59 Å². The van der Waals surface area contributed by atoms with Crippen molar-refractivity contribution in [1.29, 1.82) is 0 Å². The Hall–Kier alpha value is -2.67. The summed E-state index contributed by atoms with van der Waals surface area (Å²) < 4.78 is 1.72. The SMILES string of the molecule is Cc1ccc(-n2nc(C)cc2NC(=O)C[NH+](C)CC(=O)N(C)C)cc1. The zero-order valence-corrected chi connectivity index (χ0v) is 15.5. The van der Waals surface area contributed by atoms with E-state index in [1.54, 1.807) is 18.8 Å². The molecule has 0 aliphatic rings. The summed E-state index contributed by atoms with van der Waals surface area (Å²) in [6.07, 6.45) is 0. The Labute approximate surface area is 148 Å². The first-order valence-corrected chi connectivity index (χ1v) is 8.21. The number of hydrogen-bond donors (Lipinski definition) is 2. The second-order valence-corrected chi connectivity index (χ2v) is 6.57. The summed E-state index contributed by atoms with van der Waals surface area (Å²) in [5, 5.41) is 7.34. The molecule has 1 atom stereocenters. The van der Waals surface area contributed by atoms with Gasteiger partial charge < -0.3 is 15.1 Å². The molecule has 7 nitrogen and oxygen atoms in total. The fourth-order valence-corrected chi connectivity index (χ4v) is 2.41. The number of likely N-dealkylation sites (N-methyl/N-ethyl adjacent to an activating group) is 2. The fraction of sp³-hybridized carbons (Fsp3) is 0.389. The van der Waals surface area contributed by atoms with Crippen molar-refractivity contribution >= 4 is 17.6 Å². The van der Waals surface area contributed by atoms with E-state index >= 15 is 0 Å². The van der Waals surface area contributed by atoms with Crippen LogP contribution in [0.2, 0.25) is 0 Å². The number of nitrogens with one attached hydrogen (secondary N) is 2. The molecule has 0 saturated heterocycles. The lowest BCUT2D eigenvalue weighted by atomic mass is 10.2. The van der Waals surface area contributed by atoms with Crippen molar-refractivity contribution in [2.24, 2.45) is 0 Å². The van der Waals surface area contributed by atoms with Crippen LogP contribution in [0.5, 0.6) is 0 Å². The quantitative estimate of drug-likeness (QED) is 0.777. The maximum atomic E-state index is 12.3. The molecule has 7 heteroatoms. The molecule has 0 radical (unpaired) electrons. The standard InChI is InChI=1S/C18H25N5O2/c1-13-6-8-15(9-7-13)23-16(10-14(2)20-23)19-17(24)11-22(5)12-18(25)21(3)4/h6-10H,11-12H2,1-5H3,(H,19,24)/p+1. The first kappa shape index (κ1) is 18.7. The Morgan fingerprint density at radius 3 is 2.40 bits per heavy atom. The second kappa shape index (κ2) is 7.94. The van der Waals surface area contributed by atoms with E-state index in [9.17, 15) is 9.59 Å². The van der Waals surface area contributed by atoms with Crippen LogP contribution in [0.15, 0.2) is 30.3 Å². The highest BCUT2D eigenvalue weighted by Gasteiger charge is 2.17. The molecule has 1 aromatic carbocycles. The molecule has 0 aliphatic heterocycles. The molecule has 2 N–H and O–H groups in total. The number of rotatable bonds is 6. The minimum atomic E-state index is -0.155. The number of aryl methyl sites for hydroxylation is 2. The lowest BCUT2D eigenvalue weighted by Gasteiger charge is -2.16. The van der Waals surface area contributed by atoms with Crippen molar-refractivity contribution in [1.82, 2.24) is 14.7 Å². The lowest BCUT2D eigenvalue weighted by Crippen LogP contribution is -3.11. The Bertz CT molecular complexity index is 749. The van der Waals surface area contributed by atoms with Crippen LogP contribution in [0, 0.1) is 13.8 Å². The summed E-state index contributed by atoms with van der Waals surface area (Å²) in [6, 6.07) is 9.76. The van der Waals surface area contributed by atoms with Gasteiger partial charge in [-0.15, -0.1) is 0 Å². The van der Waals surface area contributed by atoms with Crippen LogP contribution in [0.4, 0.5) is 5.82 Å². The number of amides is 2. The Morgan fingerprint density at radius 1 is 1.16 bits per heavy atom. The minimum absolute atomic E-state index is 0.00848. The van der Waals surface area contributed by atoms with Crippen LogP contribution >= 0.6 is 0 Å². The van der Waals surface area contributed by atoms with E-state index in [2.05, 4.69) is 10.4 Å². The monoisotopic (exact) mass is 344 g/mol. The van der Waals surface area contributed by atoms with Crippen molar-refractivity contribution in [3.8, 4) is 5.69 Å². The molecule has 0 aliphatic carbocycles. The summed E-state index contributed by atoms with van der Waals surface area (Å²) in [4.78, 5) is 26.4. The highest BCUT2D eigenvalue weighted by atomic mass is 16.2. The van der Waals surface area contributed by atoms with E-state index in [1.807, 2.05) is 51.2 Å². The molecule has 2 amide bonds. The van der Waals surface area contributed by atoms with Crippen molar-refractivity contribution in [2.45, 2.75) is 13.8 Å². The Morgan fingerprint density at radius 2 is 1.80 bits per heavy atom. The van der Waals surface area contributed by atoms with Crippen molar-refractivity contribution in [3.63, 3.8) is 0 Å². The first-order chi connectivity index (χ1) is 11.8. The van der Waals surface area contributed by atoms with Crippen LogP contribution in [-0.2, 0) is 9.59 Å². The topological polar surface area (TPSA) is 71.7 Å². The van der Waals surface area contributed by atoms with E-state index in [-0.39, 0.29) is 24.9 Å². The van der Waals surface area contributed by atoms with E-state index in [0.29, 0.717) is 5.82 Å². The molecular weight excluding hydrogens is 318 g/mol. The maximum absolute atomic E-state index is 12.3. The van der Waals surface area contributed by atoms with Gasteiger partial charge in [0.05, 0.1) is 18.4 Å². The van der Waals surface area contributed by atoms with E-state index in [1.165, 1.54) is 4.90 Å². The van der Waals surface area contributed by atoms with Gasteiger partial charge in [0.1, 0.15) is 5.82 Å².